The number of halogens is 2. The number of nitrogens with two attached hydrogens (primary N) is 1. The average molecular weight is 275 g/mol. The number of carbonyl (C=O) groups is 1. The van der Waals surface area contributed by atoms with E-state index in [4.69, 9.17) is 28.9 Å². The number of nitrogens with zero attached hydrogens (tertiary/aromatic N) is 1. The third-order valence-electron chi connectivity index (χ3n) is 2.55. The summed E-state index contributed by atoms with van der Waals surface area (Å²) in [5.74, 6) is -0.0914. The van der Waals surface area contributed by atoms with E-state index >= 15 is 0 Å². The van der Waals surface area contributed by atoms with Crippen LogP contribution >= 0.6 is 23.2 Å². The first-order chi connectivity index (χ1) is 7.88. The van der Waals surface area contributed by atoms with Crippen LogP contribution in [0.3, 0.4) is 0 Å². The fraction of sp³-hybridized carbons (Fsp3) is 0.417. The molecule has 1 rings (SSSR count). The van der Waals surface area contributed by atoms with E-state index in [-0.39, 0.29) is 11.9 Å². The normalized spacial score (nSPS) is 10.7. The van der Waals surface area contributed by atoms with Gasteiger partial charge in [-0.2, -0.15) is 0 Å². The van der Waals surface area contributed by atoms with Gasteiger partial charge in [0.1, 0.15) is 0 Å². The van der Waals surface area contributed by atoms with Crippen molar-refractivity contribution in [3.05, 3.63) is 27.7 Å². The second-order valence-corrected chi connectivity index (χ2v) is 4.85. The van der Waals surface area contributed by atoms with Gasteiger partial charge in [-0.25, -0.2) is 0 Å². The number of hydrogen-bond acceptors (Lipinski definition) is 2. The van der Waals surface area contributed by atoms with Crippen molar-refractivity contribution in [1.82, 2.24) is 4.90 Å². The Morgan fingerprint density at radius 1 is 1.35 bits per heavy atom. The number of carbonyl (C=O) groups excluding carboxylic acids is 1. The van der Waals surface area contributed by atoms with Crippen LogP contribution in [0.1, 0.15) is 31.1 Å². The Morgan fingerprint density at radius 2 is 1.82 bits per heavy atom. The van der Waals surface area contributed by atoms with Crippen molar-refractivity contribution in [1.29, 1.82) is 0 Å². The van der Waals surface area contributed by atoms with Crippen LogP contribution in [0.5, 0.6) is 0 Å². The van der Waals surface area contributed by atoms with Crippen molar-refractivity contribution in [2.24, 2.45) is 0 Å². The van der Waals surface area contributed by atoms with Gasteiger partial charge in [0, 0.05) is 18.2 Å². The average Bonchev–Trinajstić information content (AvgIpc) is 2.25. The van der Waals surface area contributed by atoms with E-state index in [1.54, 1.807) is 17.0 Å². The molecule has 1 aromatic rings. The Balaban J connectivity index is 3.12. The highest BCUT2D eigenvalue weighted by Crippen LogP contribution is 2.29. The second kappa shape index (κ2) is 5.61. The first-order valence-corrected chi connectivity index (χ1v) is 6.19. The Kier molecular flexibility index (Phi) is 4.66. The van der Waals surface area contributed by atoms with Gasteiger partial charge in [0.2, 0.25) is 0 Å². The molecule has 2 N–H and O–H groups in total. The molecule has 17 heavy (non-hydrogen) atoms. The van der Waals surface area contributed by atoms with Crippen LogP contribution in [0.15, 0.2) is 12.1 Å². The molecule has 0 aliphatic heterocycles. The first-order valence-electron chi connectivity index (χ1n) is 5.44. The van der Waals surface area contributed by atoms with Gasteiger partial charge in [-0.3, -0.25) is 4.79 Å². The molecule has 0 spiro atoms. The molecule has 0 saturated heterocycles. The zero-order valence-corrected chi connectivity index (χ0v) is 11.6. The monoisotopic (exact) mass is 274 g/mol. The maximum absolute atomic E-state index is 12.2. The van der Waals surface area contributed by atoms with E-state index in [1.165, 1.54) is 0 Å². The van der Waals surface area contributed by atoms with Gasteiger partial charge in [0.25, 0.3) is 5.91 Å². The van der Waals surface area contributed by atoms with Gasteiger partial charge in [-0.05, 0) is 32.9 Å². The number of hydrogen-bond donors (Lipinski definition) is 1. The highest BCUT2D eigenvalue weighted by Gasteiger charge is 2.18. The molecule has 0 saturated carbocycles. The largest absolute Gasteiger partial charge is 0.396 e. The van der Waals surface area contributed by atoms with E-state index in [2.05, 4.69) is 0 Å². The smallest absolute Gasteiger partial charge is 0.254 e. The Bertz CT molecular complexity index is 410. The molecule has 0 fully saturated rings. The topological polar surface area (TPSA) is 46.3 Å². The van der Waals surface area contributed by atoms with Crippen molar-refractivity contribution in [2.75, 3.05) is 12.3 Å². The van der Waals surface area contributed by atoms with Crippen LogP contribution in [-0.4, -0.2) is 23.4 Å². The van der Waals surface area contributed by atoms with E-state index < -0.39 is 0 Å². The molecular formula is C12H16Cl2N2O. The third-order valence-corrected chi connectivity index (χ3v) is 3.18. The van der Waals surface area contributed by atoms with Crippen LogP contribution in [0.4, 0.5) is 5.69 Å². The SMILES string of the molecule is CCN(C(=O)c1cc(Cl)c(N)c(Cl)c1)C(C)C. The predicted octanol–water partition coefficient (Wildman–Crippen LogP) is 3.45. The molecule has 0 atom stereocenters. The Morgan fingerprint density at radius 3 is 2.18 bits per heavy atom. The molecule has 0 radical (unpaired) electrons. The van der Waals surface area contributed by atoms with Crippen LogP contribution < -0.4 is 5.73 Å². The van der Waals surface area contributed by atoms with Gasteiger partial charge in [0.15, 0.2) is 0 Å². The number of rotatable bonds is 3. The van der Waals surface area contributed by atoms with Gasteiger partial charge < -0.3 is 10.6 Å². The summed E-state index contributed by atoms with van der Waals surface area (Å²) in [6.07, 6.45) is 0. The highest BCUT2D eigenvalue weighted by molar-refractivity contribution is 6.39. The summed E-state index contributed by atoms with van der Waals surface area (Å²) in [5.41, 5.74) is 6.40. The lowest BCUT2D eigenvalue weighted by Gasteiger charge is -2.25. The quantitative estimate of drug-likeness (QED) is 0.859. The molecule has 1 aromatic carbocycles. The van der Waals surface area contributed by atoms with Crippen molar-refractivity contribution in [2.45, 2.75) is 26.8 Å². The van der Waals surface area contributed by atoms with Crippen LogP contribution in [0.2, 0.25) is 10.0 Å². The van der Waals surface area contributed by atoms with E-state index in [0.717, 1.165) is 0 Å². The van der Waals surface area contributed by atoms with Crippen molar-refractivity contribution in [3.63, 3.8) is 0 Å². The molecule has 0 bridgehead atoms. The van der Waals surface area contributed by atoms with Gasteiger partial charge in [0.05, 0.1) is 15.7 Å². The minimum atomic E-state index is -0.0914. The zero-order chi connectivity index (χ0) is 13.2. The summed E-state index contributed by atoms with van der Waals surface area (Å²) in [4.78, 5) is 13.9. The summed E-state index contributed by atoms with van der Waals surface area (Å²) in [6, 6.07) is 3.23. The molecule has 0 aromatic heterocycles. The van der Waals surface area contributed by atoms with Crippen molar-refractivity contribution >= 4 is 34.8 Å². The van der Waals surface area contributed by atoms with Crippen LogP contribution in [0, 0.1) is 0 Å². The molecule has 1 amide bonds. The lowest BCUT2D eigenvalue weighted by molar-refractivity contribution is 0.0717. The lowest BCUT2D eigenvalue weighted by Crippen LogP contribution is -2.36. The predicted molar refractivity (Wildman–Crippen MR) is 72.7 cm³/mol. The highest BCUT2D eigenvalue weighted by atomic mass is 35.5. The van der Waals surface area contributed by atoms with E-state index in [1.807, 2.05) is 20.8 Å². The number of anilines is 1. The van der Waals surface area contributed by atoms with Gasteiger partial charge in [-0.1, -0.05) is 23.2 Å². The number of amides is 1. The zero-order valence-electron chi connectivity index (χ0n) is 10.1. The summed E-state index contributed by atoms with van der Waals surface area (Å²) in [6.45, 7) is 6.48. The molecule has 0 aliphatic carbocycles. The Labute approximate surface area is 111 Å². The van der Waals surface area contributed by atoms with Gasteiger partial charge >= 0.3 is 0 Å². The maximum atomic E-state index is 12.2. The van der Waals surface area contributed by atoms with E-state index in [9.17, 15) is 4.79 Å². The number of benzene rings is 1. The third kappa shape index (κ3) is 3.05. The summed E-state index contributed by atoms with van der Waals surface area (Å²) in [5, 5.41) is 0.612. The second-order valence-electron chi connectivity index (χ2n) is 4.04. The molecular weight excluding hydrogens is 259 g/mol. The molecule has 0 heterocycles. The molecule has 94 valence electrons. The van der Waals surface area contributed by atoms with Crippen LogP contribution in [-0.2, 0) is 0 Å². The molecule has 3 nitrogen and oxygen atoms in total. The fourth-order valence-electron chi connectivity index (χ4n) is 1.62. The fourth-order valence-corrected chi connectivity index (χ4v) is 2.10. The van der Waals surface area contributed by atoms with E-state index in [0.29, 0.717) is 27.8 Å². The molecule has 0 aliphatic rings. The number of nitrogen functional groups attached to an aromatic ring is 1. The first kappa shape index (κ1) is 14.1. The maximum Gasteiger partial charge on any atom is 0.254 e. The summed E-state index contributed by atoms with van der Waals surface area (Å²) >= 11 is 11.8. The minimum absolute atomic E-state index is 0.0914. The molecule has 0 unspecified atom stereocenters. The van der Waals surface area contributed by atoms with Crippen molar-refractivity contribution in [3.8, 4) is 0 Å². The molecule has 5 heteroatoms. The van der Waals surface area contributed by atoms with Crippen molar-refractivity contribution < 1.29 is 4.79 Å². The van der Waals surface area contributed by atoms with Gasteiger partial charge in [-0.15, -0.1) is 0 Å². The summed E-state index contributed by atoms with van der Waals surface area (Å²) in [7, 11) is 0. The standard InChI is InChI=1S/C12H16Cl2N2O/c1-4-16(7(2)3)12(17)8-5-9(13)11(15)10(14)6-8/h5-7H,4,15H2,1-3H3. The minimum Gasteiger partial charge on any atom is -0.396 e. The van der Waals surface area contributed by atoms with Crippen LogP contribution in [0.25, 0.3) is 0 Å². The summed E-state index contributed by atoms with van der Waals surface area (Å²) < 4.78 is 0. The Hall–Kier alpha value is -0.930. The lowest BCUT2D eigenvalue weighted by atomic mass is 10.1.